The largest absolute Gasteiger partial charge is 0.493 e. The number of nitrogens with zero attached hydrogens (tertiary/aromatic N) is 2. The lowest BCUT2D eigenvalue weighted by molar-refractivity contribution is -0.122. The fraction of sp³-hybridized carbons (Fsp3) is 0.476. The number of carbonyl (C=O) groups is 2. The quantitative estimate of drug-likeness (QED) is 0.765. The van der Waals surface area contributed by atoms with E-state index in [1.807, 2.05) is 18.2 Å². The Kier molecular flexibility index (Phi) is 6.74. The highest BCUT2D eigenvalue weighted by Gasteiger charge is 2.26. The summed E-state index contributed by atoms with van der Waals surface area (Å²) in [5, 5.41) is 6.86. The lowest BCUT2D eigenvalue weighted by atomic mass is 10.0. The van der Waals surface area contributed by atoms with E-state index in [0.717, 1.165) is 18.4 Å². The summed E-state index contributed by atoms with van der Waals surface area (Å²) in [6.45, 7) is 2.93. The molecule has 0 unspecified atom stereocenters. The first-order valence-electron chi connectivity index (χ1n) is 9.73. The van der Waals surface area contributed by atoms with Crippen LogP contribution in [0.3, 0.4) is 0 Å². The minimum atomic E-state index is -0.125. The zero-order chi connectivity index (χ0) is 20.8. The van der Waals surface area contributed by atoms with E-state index in [0.29, 0.717) is 48.9 Å². The third-order valence-electron chi connectivity index (χ3n) is 5.08. The lowest BCUT2D eigenvalue weighted by Gasteiger charge is -2.31. The predicted octanol–water partition coefficient (Wildman–Crippen LogP) is 2.35. The zero-order valence-electron chi connectivity index (χ0n) is 17.1. The van der Waals surface area contributed by atoms with Crippen LogP contribution < -0.4 is 14.8 Å². The molecule has 3 rings (SSSR count). The third kappa shape index (κ3) is 5.28. The highest BCUT2D eigenvalue weighted by Crippen LogP contribution is 2.28. The van der Waals surface area contributed by atoms with E-state index in [4.69, 9.17) is 14.0 Å². The fourth-order valence-electron chi connectivity index (χ4n) is 3.45. The third-order valence-corrected chi connectivity index (χ3v) is 5.08. The molecule has 0 spiro atoms. The van der Waals surface area contributed by atoms with Crippen LogP contribution in [0.5, 0.6) is 11.5 Å². The van der Waals surface area contributed by atoms with E-state index in [-0.39, 0.29) is 17.9 Å². The van der Waals surface area contributed by atoms with Crippen molar-refractivity contribution in [2.45, 2.75) is 38.6 Å². The molecule has 1 aliphatic heterocycles. The van der Waals surface area contributed by atoms with Crippen molar-refractivity contribution in [3.05, 3.63) is 41.3 Å². The number of hydrogen-bond acceptors (Lipinski definition) is 6. The van der Waals surface area contributed by atoms with Gasteiger partial charge in [0, 0.05) is 31.6 Å². The average Bonchev–Trinajstić information content (AvgIpc) is 3.18. The molecule has 1 N–H and O–H groups in total. The Balaban J connectivity index is 1.43. The number of hydrogen-bond donors (Lipinski definition) is 1. The number of nitrogens with one attached hydrogen (secondary N) is 1. The summed E-state index contributed by atoms with van der Waals surface area (Å²) in [7, 11) is 3.19. The molecular formula is C21H27N3O5. The van der Waals surface area contributed by atoms with E-state index >= 15 is 0 Å². The fourth-order valence-corrected chi connectivity index (χ4v) is 3.45. The van der Waals surface area contributed by atoms with Gasteiger partial charge in [0.2, 0.25) is 5.91 Å². The van der Waals surface area contributed by atoms with Crippen molar-refractivity contribution < 1.29 is 23.6 Å². The number of likely N-dealkylation sites (tertiary alicyclic amines) is 1. The topological polar surface area (TPSA) is 93.9 Å². The number of aryl methyl sites for hydroxylation is 2. The van der Waals surface area contributed by atoms with E-state index in [9.17, 15) is 9.59 Å². The molecule has 1 aliphatic rings. The number of amides is 2. The van der Waals surface area contributed by atoms with Gasteiger partial charge in [-0.25, -0.2) is 0 Å². The number of rotatable bonds is 7. The summed E-state index contributed by atoms with van der Waals surface area (Å²) in [4.78, 5) is 26.5. The Morgan fingerprint density at radius 2 is 1.90 bits per heavy atom. The molecule has 8 heteroatoms. The van der Waals surface area contributed by atoms with Crippen LogP contribution in [0.1, 0.15) is 41.1 Å². The van der Waals surface area contributed by atoms with Gasteiger partial charge in [0.15, 0.2) is 17.2 Å². The smallest absolute Gasteiger partial charge is 0.276 e. The van der Waals surface area contributed by atoms with Gasteiger partial charge in [0.1, 0.15) is 5.76 Å². The molecule has 0 atom stereocenters. The Morgan fingerprint density at radius 1 is 1.17 bits per heavy atom. The highest BCUT2D eigenvalue weighted by molar-refractivity contribution is 5.92. The van der Waals surface area contributed by atoms with E-state index < -0.39 is 0 Å². The van der Waals surface area contributed by atoms with Crippen molar-refractivity contribution in [3.63, 3.8) is 0 Å². The minimum absolute atomic E-state index is 0.0108. The molecule has 2 amide bonds. The normalized spacial score (nSPS) is 14.5. The standard InChI is InChI=1S/C21H27N3O5/c1-14-12-17(23-29-14)21(26)24-10-8-16(9-11-24)22-20(25)7-5-15-4-6-18(27-2)19(13-15)28-3/h4,6,12-13,16H,5,7-11H2,1-3H3,(H,22,25). The van der Waals surface area contributed by atoms with Gasteiger partial charge in [-0.1, -0.05) is 11.2 Å². The Bertz CT molecular complexity index is 856. The summed E-state index contributed by atoms with van der Waals surface area (Å²) in [6, 6.07) is 7.39. The lowest BCUT2D eigenvalue weighted by Crippen LogP contribution is -2.46. The van der Waals surface area contributed by atoms with Crippen LogP contribution in [0.2, 0.25) is 0 Å². The predicted molar refractivity (Wildman–Crippen MR) is 106 cm³/mol. The van der Waals surface area contributed by atoms with Gasteiger partial charge in [-0.15, -0.1) is 0 Å². The first-order chi connectivity index (χ1) is 14.0. The molecule has 2 heterocycles. The van der Waals surface area contributed by atoms with E-state index in [1.165, 1.54) is 0 Å². The van der Waals surface area contributed by atoms with Crippen LogP contribution in [0.4, 0.5) is 0 Å². The van der Waals surface area contributed by atoms with Gasteiger partial charge in [-0.05, 0) is 43.9 Å². The number of benzene rings is 1. The first kappa shape index (κ1) is 20.7. The molecular weight excluding hydrogens is 374 g/mol. The Hall–Kier alpha value is -3.03. The highest BCUT2D eigenvalue weighted by atomic mass is 16.5. The summed E-state index contributed by atoms with van der Waals surface area (Å²) in [6.07, 6.45) is 2.47. The second-order valence-corrected chi connectivity index (χ2v) is 7.15. The van der Waals surface area contributed by atoms with Crippen molar-refractivity contribution in [2.24, 2.45) is 0 Å². The average molecular weight is 401 g/mol. The van der Waals surface area contributed by atoms with Gasteiger partial charge in [-0.2, -0.15) is 0 Å². The summed E-state index contributed by atoms with van der Waals surface area (Å²) in [5.41, 5.74) is 1.35. The van der Waals surface area contributed by atoms with Crippen molar-refractivity contribution in [1.29, 1.82) is 0 Å². The van der Waals surface area contributed by atoms with Crippen LogP contribution in [0.25, 0.3) is 0 Å². The van der Waals surface area contributed by atoms with Crippen LogP contribution >= 0.6 is 0 Å². The first-order valence-corrected chi connectivity index (χ1v) is 9.73. The molecule has 0 saturated carbocycles. The maximum absolute atomic E-state index is 12.4. The molecule has 156 valence electrons. The number of piperidine rings is 1. The molecule has 1 saturated heterocycles. The molecule has 1 fully saturated rings. The molecule has 8 nitrogen and oxygen atoms in total. The van der Waals surface area contributed by atoms with Gasteiger partial charge in [-0.3, -0.25) is 9.59 Å². The Morgan fingerprint density at radius 3 is 2.52 bits per heavy atom. The van der Waals surface area contributed by atoms with E-state index in [1.54, 1.807) is 32.1 Å². The SMILES string of the molecule is COc1ccc(CCC(=O)NC2CCN(C(=O)c3cc(C)on3)CC2)cc1OC. The van der Waals surface area contributed by atoms with Crippen molar-refractivity contribution in [1.82, 2.24) is 15.4 Å². The number of aromatic nitrogens is 1. The van der Waals surface area contributed by atoms with Gasteiger partial charge in [0.25, 0.3) is 5.91 Å². The number of ether oxygens (including phenoxy) is 2. The van der Waals surface area contributed by atoms with Crippen LogP contribution in [-0.2, 0) is 11.2 Å². The van der Waals surface area contributed by atoms with Crippen molar-refractivity contribution >= 4 is 11.8 Å². The molecule has 29 heavy (non-hydrogen) atoms. The number of methoxy groups -OCH3 is 2. The van der Waals surface area contributed by atoms with Gasteiger partial charge >= 0.3 is 0 Å². The van der Waals surface area contributed by atoms with Crippen LogP contribution in [-0.4, -0.2) is 55.2 Å². The second kappa shape index (κ2) is 9.45. The van der Waals surface area contributed by atoms with E-state index in [2.05, 4.69) is 10.5 Å². The summed E-state index contributed by atoms with van der Waals surface area (Å²) in [5.74, 6) is 1.83. The maximum atomic E-state index is 12.4. The summed E-state index contributed by atoms with van der Waals surface area (Å²) >= 11 is 0. The van der Waals surface area contributed by atoms with Crippen molar-refractivity contribution in [2.75, 3.05) is 27.3 Å². The minimum Gasteiger partial charge on any atom is -0.493 e. The molecule has 1 aromatic heterocycles. The molecule has 0 radical (unpaired) electrons. The zero-order valence-corrected chi connectivity index (χ0v) is 17.1. The summed E-state index contributed by atoms with van der Waals surface area (Å²) < 4.78 is 15.5. The Labute approximate surface area is 170 Å². The molecule has 2 aromatic rings. The van der Waals surface area contributed by atoms with Crippen molar-refractivity contribution in [3.8, 4) is 11.5 Å². The monoisotopic (exact) mass is 401 g/mol. The molecule has 1 aromatic carbocycles. The van der Waals surface area contributed by atoms with Crippen LogP contribution in [0, 0.1) is 6.92 Å². The van der Waals surface area contributed by atoms with Gasteiger partial charge in [0.05, 0.1) is 14.2 Å². The second-order valence-electron chi connectivity index (χ2n) is 7.15. The van der Waals surface area contributed by atoms with Gasteiger partial charge < -0.3 is 24.2 Å². The molecule has 0 aliphatic carbocycles. The number of carbonyl (C=O) groups excluding carboxylic acids is 2. The molecule has 0 bridgehead atoms. The maximum Gasteiger partial charge on any atom is 0.276 e. The van der Waals surface area contributed by atoms with Crippen LogP contribution in [0.15, 0.2) is 28.8 Å².